The lowest BCUT2D eigenvalue weighted by Gasteiger charge is -2.30. The van der Waals surface area contributed by atoms with Crippen molar-refractivity contribution in [1.82, 2.24) is 10.3 Å². The molecule has 6 heteroatoms. The van der Waals surface area contributed by atoms with Crippen LogP contribution < -0.4 is 15.8 Å². The van der Waals surface area contributed by atoms with Crippen molar-refractivity contribution in [3.63, 3.8) is 0 Å². The number of carboxylic acid groups (broad SMARTS) is 1. The number of aromatic nitrogens is 1. The van der Waals surface area contributed by atoms with Crippen molar-refractivity contribution in [2.24, 2.45) is 0 Å². The Hall–Kier alpha value is -1.82. The lowest BCUT2D eigenvalue weighted by atomic mass is 10.1. The fourth-order valence-corrected chi connectivity index (χ4v) is 2.10. The monoisotopic (exact) mass is 237 g/mol. The van der Waals surface area contributed by atoms with E-state index in [1.807, 2.05) is 0 Å². The van der Waals surface area contributed by atoms with E-state index in [1.54, 1.807) is 13.1 Å². The van der Waals surface area contributed by atoms with Crippen molar-refractivity contribution in [2.75, 3.05) is 31.1 Å². The highest BCUT2D eigenvalue weighted by atomic mass is 16.4. The summed E-state index contributed by atoms with van der Waals surface area (Å²) in [7, 11) is 0. The van der Waals surface area contributed by atoms with Gasteiger partial charge in [0.1, 0.15) is 5.56 Å². The number of carboxylic acids is 1. The quantitative estimate of drug-likeness (QED) is 0.662. The van der Waals surface area contributed by atoms with E-state index in [4.69, 9.17) is 5.11 Å². The van der Waals surface area contributed by atoms with Gasteiger partial charge in [0, 0.05) is 32.4 Å². The van der Waals surface area contributed by atoms with Crippen LogP contribution in [0, 0.1) is 6.92 Å². The van der Waals surface area contributed by atoms with Crippen LogP contribution in [0.4, 0.5) is 5.69 Å². The number of aromatic amines is 1. The molecule has 1 aromatic heterocycles. The van der Waals surface area contributed by atoms with E-state index < -0.39 is 11.5 Å². The van der Waals surface area contributed by atoms with Crippen LogP contribution in [-0.4, -0.2) is 42.2 Å². The molecule has 0 aliphatic carbocycles. The first-order chi connectivity index (χ1) is 8.11. The van der Waals surface area contributed by atoms with Gasteiger partial charge >= 0.3 is 5.97 Å². The van der Waals surface area contributed by atoms with Gasteiger partial charge in [0.05, 0.1) is 5.69 Å². The van der Waals surface area contributed by atoms with Crippen molar-refractivity contribution >= 4 is 11.7 Å². The number of piperazine rings is 1. The minimum atomic E-state index is -1.18. The standard InChI is InChI=1S/C11H15N3O3/c1-7-8(14-4-2-12-3-5-14)6-13-10(15)9(7)11(16)17/h6,12H,2-5H2,1H3,(H,13,15)(H,16,17). The molecule has 0 atom stereocenters. The third-order valence-corrected chi connectivity index (χ3v) is 3.00. The van der Waals surface area contributed by atoms with Crippen LogP contribution in [0.2, 0.25) is 0 Å². The van der Waals surface area contributed by atoms with Gasteiger partial charge in [-0.2, -0.15) is 0 Å². The first-order valence-electron chi connectivity index (χ1n) is 5.52. The Labute approximate surface area is 98.3 Å². The Morgan fingerprint density at radius 3 is 2.65 bits per heavy atom. The lowest BCUT2D eigenvalue weighted by Crippen LogP contribution is -2.44. The molecule has 6 nitrogen and oxygen atoms in total. The van der Waals surface area contributed by atoms with Crippen molar-refractivity contribution in [1.29, 1.82) is 0 Å². The van der Waals surface area contributed by atoms with Gasteiger partial charge in [-0.3, -0.25) is 4.79 Å². The third-order valence-electron chi connectivity index (χ3n) is 3.00. The maximum absolute atomic E-state index is 11.4. The van der Waals surface area contributed by atoms with Crippen LogP contribution in [-0.2, 0) is 0 Å². The number of hydrogen-bond donors (Lipinski definition) is 3. The molecule has 92 valence electrons. The second-order valence-corrected chi connectivity index (χ2v) is 4.05. The average molecular weight is 237 g/mol. The second-order valence-electron chi connectivity index (χ2n) is 4.05. The van der Waals surface area contributed by atoms with E-state index in [-0.39, 0.29) is 5.56 Å². The lowest BCUT2D eigenvalue weighted by molar-refractivity contribution is 0.0694. The third kappa shape index (κ3) is 2.16. The molecule has 0 aromatic carbocycles. The van der Waals surface area contributed by atoms with E-state index in [2.05, 4.69) is 15.2 Å². The van der Waals surface area contributed by atoms with Gasteiger partial charge in [0.15, 0.2) is 0 Å². The molecule has 0 radical (unpaired) electrons. The number of nitrogens with zero attached hydrogens (tertiary/aromatic N) is 1. The number of rotatable bonds is 2. The molecule has 2 heterocycles. The van der Waals surface area contributed by atoms with Crippen LogP contribution >= 0.6 is 0 Å². The van der Waals surface area contributed by atoms with Gasteiger partial charge in [0.25, 0.3) is 5.56 Å². The summed E-state index contributed by atoms with van der Waals surface area (Å²) in [4.78, 5) is 27.0. The van der Waals surface area contributed by atoms with Gasteiger partial charge in [-0.1, -0.05) is 0 Å². The number of H-pyrrole nitrogens is 1. The maximum Gasteiger partial charge on any atom is 0.341 e. The number of aromatic carboxylic acids is 1. The number of nitrogens with one attached hydrogen (secondary N) is 2. The Bertz CT molecular complexity index is 489. The Morgan fingerprint density at radius 2 is 2.06 bits per heavy atom. The van der Waals surface area contributed by atoms with Crippen molar-refractivity contribution in [3.05, 3.63) is 27.7 Å². The highest BCUT2D eigenvalue weighted by molar-refractivity contribution is 5.90. The molecule has 0 bridgehead atoms. The zero-order chi connectivity index (χ0) is 12.4. The molecule has 0 unspecified atom stereocenters. The first-order valence-corrected chi connectivity index (χ1v) is 5.52. The van der Waals surface area contributed by atoms with Crippen LogP contribution in [0.15, 0.2) is 11.0 Å². The summed E-state index contributed by atoms with van der Waals surface area (Å²) < 4.78 is 0. The fraction of sp³-hybridized carbons (Fsp3) is 0.455. The molecule has 1 fully saturated rings. The second kappa shape index (κ2) is 4.58. The molecule has 0 spiro atoms. The average Bonchev–Trinajstić information content (AvgIpc) is 2.30. The van der Waals surface area contributed by atoms with E-state index >= 15 is 0 Å². The maximum atomic E-state index is 11.4. The summed E-state index contributed by atoms with van der Waals surface area (Å²) in [6.45, 7) is 5.02. The SMILES string of the molecule is Cc1c(N2CCNCC2)c[nH]c(=O)c1C(=O)O. The molecule has 17 heavy (non-hydrogen) atoms. The van der Waals surface area contributed by atoms with E-state index in [0.717, 1.165) is 31.9 Å². The summed E-state index contributed by atoms with van der Waals surface area (Å²) in [5, 5.41) is 12.2. The molecule has 0 saturated carbocycles. The minimum absolute atomic E-state index is 0.166. The van der Waals surface area contributed by atoms with Crippen LogP contribution in [0.25, 0.3) is 0 Å². The molecule has 1 saturated heterocycles. The molecule has 3 N–H and O–H groups in total. The van der Waals surface area contributed by atoms with Gasteiger partial charge in [-0.15, -0.1) is 0 Å². The smallest absolute Gasteiger partial charge is 0.341 e. The van der Waals surface area contributed by atoms with E-state index in [0.29, 0.717) is 5.56 Å². The fourth-order valence-electron chi connectivity index (χ4n) is 2.10. The number of carbonyl (C=O) groups is 1. The topological polar surface area (TPSA) is 85.4 Å². The summed E-state index contributed by atoms with van der Waals surface area (Å²) in [6.07, 6.45) is 1.59. The van der Waals surface area contributed by atoms with E-state index in [9.17, 15) is 9.59 Å². The summed E-state index contributed by atoms with van der Waals surface area (Å²) >= 11 is 0. The number of pyridine rings is 1. The van der Waals surface area contributed by atoms with E-state index in [1.165, 1.54) is 0 Å². The molecule has 1 aromatic rings. The molecule has 2 rings (SSSR count). The minimum Gasteiger partial charge on any atom is -0.477 e. The zero-order valence-corrected chi connectivity index (χ0v) is 9.62. The van der Waals surface area contributed by atoms with Crippen LogP contribution in [0.3, 0.4) is 0 Å². The zero-order valence-electron chi connectivity index (χ0n) is 9.62. The molecule has 1 aliphatic rings. The highest BCUT2D eigenvalue weighted by Crippen LogP contribution is 2.20. The normalized spacial score (nSPS) is 15.9. The summed E-state index contributed by atoms with van der Waals surface area (Å²) in [5.41, 5.74) is 0.613. The molecule has 1 aliphatic heterocycles. The molecule has 0 amide bonds. The summed E-state index contributed by atoms with van der Waals surface area (Å²) in [5.74, 6) is -1.18. The largest absolute Gasteiger partial charge is 0.477 e. The van der Waals surface area contributed by atoms with Gasteiger partial charge in [0.2, 0.25) is 0 Å². The van der Waals surface area contributed by atoms with Crippen molar-refractivity contribution in [3.8, 4) is 0 Å². The van der Waals surface area contributed by atoms with Gasteiger partial charge in [-0.25, -0.2) is 4.79 Å². The first kappa shape index (κ1) is 11.7. The predicted octanol–water partition coefficient (Wildman–Crippen LogP) is -0.209. The van der Waals surface area contributed by atoms with Crippen LogP contribution in [0.1, 0.15) is 15.9 Å². The summed E-state index contributed by atoms with van der Waals surface area (Å²) in [6, 6.07) is 0. The number of hydrogen-bond acceptors (Lipinski definition) is 4. The Morgan fingerprint density at radius 1 is 1.41 bits per heavy atom. The predicted molar refractivity (Wildman–Crippen MR) is 63.8 cm³/mol. The molecular formula is C11H15N3O3. The highest BCUT2D eigenvalue weighted by Gasteiger charge is 2.19. The Kier molecular flexibility index (Phi) is 3.14. The van der Waals surface area contributed by atoms with Crippen molar-refractivity contribution in [2.45, 2.75) is 6.92 Å². The Balaban J connectivity index is 2.44. The number of anilines is 1. The van der Waals surface area contributed by atoms with Gasteiger partial charge < -0.3 is 20.3 Å². The molecular weight excluding hydrogens is 222 g/mol. The van der Waals surface area contributed by atoms with Gasteiger partial charge in [-0.05, 0) is 12.5 Å². The van der Waals surface area contributed by atoms with Crippen molar-refractivity contribution < 1.29 is 9.90 Å². The van der Waals surface area contributed by atoms with Crippen LogP contribution in [0.5, 0.6) is 0 Å².